The van der Waals surface area contributed by atoms with Gasteiger partial charge in [-0.05, 0) is 31.6 Å². The number of nitriles is 1. The van der Waals surface area contributed by atoms with Crippen LogP contribution in [0.3, 0.4) is 0 Å². The lowest BCUT2D eigenvalue weighted by Gasteiger charge is -2.26. The van der Waals surface area contributed by atoms with Gasteiger partial charge >= 0.3 is 0 Å². The second kappa shape index (κ2) is 3.61. The van der Waals surface area contributed by atoms with Gasteiger partial charge in [0.1, 0.15) is 0 Å². The molecule has 1 heterocycles. The van der Waals surface area contributed by atoms with E-state index in [1.54, 1.807) is 6.92 Å². The Hall–Kier alpha value is -1.04. The molecule has 3 nitrogen and oxygen atoms in total. The van der Waals surface area contributed by atoms with E-state index < -0.39 is 0 Å². The molecule has 2 unspecified atom stereocenters. The Labute approximate surface area is 84.7 Å². The summed E-state index contributed by atoms with van der Waals surface area (Å²) in [5.74, 6) is 0.805. The van der Waals surface area contributed by atoms with E-state index in [2.05, 4.69) is 6.07 Å². The van der Waals surface area contributed by atoms with E-state index in [0.717, 1.165) is 19.4 Å². The summed E-state index contributed by atoms with van der Waals surface area (Å²) >= 11 is 0. The number of nitrogens with zero attached hydrogens (tertiary/aromatic N) is 2. The molecule has 0 N–H and O–H groups in total. The van der Waals surface area contributed by atoms with E-state index in [4.69, 9.17) is 5.26 Å². The summed E-state index contributed by atoms with van der Waals surface area (Å²) in [7, 11) is 0. The van der Waals surface area contributed by atoms with Crippen LogP contribution in [-0.4, -0.2) is 23.4 Å². The van der Waals surface area contributed by atoms with Crippen LogP contribution in [0.2, 0.25) is 0 Å². The monoisotopic (exact) mass is 192 g/mol. The van der Waals surface area contributed by atoms with Gasteiger partial charge in [0.05, 0.1) is 12.0 Å². The summed E-state index contributed by atoms with van der Waals surface area (Å²) in [6.07, 6.45) is 4.45. The predicted molar refractivity (Wildman–Crippen MR) is 52.2 cm³/mol. The molecule has 0 aromatic heterocycles. The van der Waals surface area contributed by atoms with Crippen LogP contribution >= 0.6 is 0 Å². The van der Waals surface area contributed by atoms with E-state index >= 15 is 0 Å². The van der Waals surface area contributed by atoms with Gasteiger partial charge in [0.25, 0.3) is 0 Å². The topological polar surface area (TPSA) is 44.1 Å². The van der Waals surface area contributed by atoms with E-state index in [0.29, 0.717) is 5.92 Å². The molecule has 76 valence electrons. The molecule has 0 radical (unpaired) electrons. The lowest BCUT2D eigenvalue weighted by atomic mass is 9.94. The minimum Gasteiger partial charge on any atom is -0.339 e. The van der Waals surface area contributed by atoms with Gasteiger partial charge in [-0.2, -0.15) is 5.26 Å². The number of hydrogen-bond donors (Lipinski definition) is 0. The van der Waals surface area contributed by atoms with Crippen LogP contribution in [0.5, 0.6) is 0 Å². The van der Waals surface area contributed by atoms with E-state index in [1.165, 1.54) is 12.8 Å². The third kappa shape index (κ3) is 1.61. The van der Waals surface area contributed by atoms with Crippen molar-refractivity contribution in [3.05, 3.63) is 0 Å². The molecule has 1 saturated carbocycles. The molecular weight excluding hydrogens is 176 g/mol. The van der Waals surface area contributed by atoms with Crippen molar-refractivity contribution in [2.24, 2.45) is 11.8 Å². The molecule has 0 bridgehead atoms. The van der Waals surface area contributed by atoms with Crippen molar-refractivity contribution in [3.8, 4) is 6.07 Å². The minimum absolute atomic E-state index is 0.0985. The highest BCUT2D eigenvalue weighted by Gasteiger charge is 2.41. The molecular formula is C11H16N2O. The first-order valence-corrected chi connectivity index (χ1v) is 5.41. The minimum atomic E-state index is 0.0985. The Morgan fingerprint density at radius 3 is 2.71 bits per heavy atom. The van der Waals surface area contributed by atoms with Gasteiger partial charge in [0.15, 0.2) is 0 Å². The number of carbonyl (C=O) groups is 1. The fraction of sp³-hybridized carbons (Fsp3) is 0.818. The maximum Gasteiger partial charge on any atom is 0.219 e. The van der Waals surface area contributed by atoms with Crippen LogP contribution in [0, 0.1) is 23.2 Å². The highest BCUT2D eigenvalue weighted by Crippen LogP contribution is 2.41. The number of amides is 1. The third-order valence-corrected chi connectivity index (χ3v) is 3.40. The highest BCUT2D eigenvalue weighted by atomic mass is 16.2. The Kier molecular flexibility index (Phi) is 2.45. The van der Waals surface area contributed by atoms with Gasteiger partial charge in [0.2, 0.25) is 5.91 Å². The molecule has 0 aromatic rings. The van der Waals surface area contributed by atoms with E-state index in [1.807, 2.05) is 4.90 Å². The molecule has 1 amide bonds. The molecule has 14 heavy (non-hydrogen) atoms. The summed E-state index contributed by atoms with van der Waals surface area (Å²) in [6, 6.07) is 2.61. The number of likely N-dealkylation sites (tertiary alicyclic amines) is 1. The molecule has 3 heteroatoms. The van der Waals surface area contributed by atoms with Crippen molar-refractivity contribution in [2.75, 3.05) is 6.54 Å². The molecule has 2 atom stereocenters. The van der Waals surface area contributed by atoms with E-state index in [9.17, 15) is 4.79 Å². The van der Waals surface area contributed by atoms with Crippen LogP contribution in [0.4, 0.5) is 0 Å². The Bertz CT molecular complexity index is 278. The first-order valence-electron chi connectivity index (χ1n) is 5.41. The summed E-state index contributed by atoms with van der Waals surface area (Å²) in [5, 5.41) is 9.11. The van der Waals surface area contributed by atoms with Crippen molar-refractivity contribution in [3.63, 3.8) is 0 Å². The van der Waals surface area contributed by atoms with Gasteiger partial charge in [0, 0.05) is 19.5 Å². The number of rotatable bonds is 2. The Morgan fingerprint density at radius 2 is 2.21 bits per heavy atom. The molecule has 1 aliphatic carbocycles. The average molecular weight is 192 g/mol. The molecule has 1 aliphatic heterocycles. The number of carbonyl (C=O) groups excluding carboxylic acids is 1. The molecule has 1 saturated heterocycles. The molecule has 0 aromatic carbocycles. The molecule has 0 spiro atoms. The second-order valence-corrected chi connectivity index (χ2v) is 4.41. The SMILES string of the molecule is CC(=O)N1CCCC1C(C#N)C1CC1. The largest absolute Gasteiger partial charge is 0.339 e. The maximum atomic E-state index is 11.3. The van der Waals surface area contributed by atoms with Gasteiger partial charge < -0.3 is 4.90 Å². The zero-order chi connectivity index (χ0) is 10.1. The normalized spacial score (nSPS) is 28.6. The van der Waals surface area contributed by atoms with Crippen molar-refractivity contribution in [1.29, 1.82) is 5.26 Å². The summed E-state index contributed by atoms with van der Waals surface area (Å²) in [6.45, 7) is 2.46. The van der Waals surface area contributed by atoms with Crippen molar-refractivity contribution in [1.82, 2.24) is 4.90 Å². The summed E-state index contributed by atoms with van der Waals surface area (Å²) in [5.41, 5.74) is 0. The second-order valence-electron chi connectivity index (χ2n) is 4.41. The summed E-state index contributed by atoms with van der Waals surface area (Å²) in [4.78, 5) is 13.2. The van der Waals surface area contributed by atoms with Crippen LogP contribution in [0.1, 0.15) is 32.6 Å². The highest BCUT2D eigenvalue weighted by molar-refractivity contribution is 5.74. The average Bonchev–Trinajstić information content (AvgIpc) is 2.84. The zero-order valence-electron chi connectivity index (χ0n) is 8.57. The first kappa shape index (κ1) is 9.51. The van der Waals surface area contributed by atoms with Crippen LogP contribution in [0.25, 0.3) is 0 Å². The number of hydrogen-bond acceptors (Lipinski definition) is 2. The quantitative estimate of drug-likeness (QED) is 0.666. The van der Waals surface area contributed by atoms with Crippen molar-refractivity contribution < 1.29 is 4.79 Å². The molecule has 2 rings (SSSR count). The van der Waals surface area contributed by atoms with Crippen molar-refractivity contribution in [2.45, 2.75) is 38.6 Å². The van der Waals surface area contributed by atoms with Gasteiger partial charge in [-0.1, -0.05) is 0 Å². The molecule has 2 fully saturated rings. The fourth-order valence-electron chi connectivity index (χ4n) is 2.52. The third-order valence-electron chi connectivity index (χ3n) is 3.40. The summed E-state index contributed by atoms with van der Waals surface area (Å²) < 4.78 is 0. The fourth-order valence-corrected chi connectivity index (χ4v) is 2.52. The van der Waals surface area contributed by atoms with Crippen LogP contribution < -0.4 is 0 Å². The van der Waals surface area contributed by atoms with Gasteiger partial charge in [-0.15, -0.1) is 0 Å². The molecule has 2 aliphatic rings. The Balaban J connectivity index is 2.07. The predicted octanol–water partition coefficient (Wildman–Crippen LogP) is 1.55. The van der Waals surface area contributed by atoms with Crippen LogP contribution in [0.15, 0.2) is 0 Å². The maximum absolute atomic E-state index is 11.3. The van der Waals surface area contributed by atoms with Gasteiger partial charge in [-0.3, -0.25) is 4.79 Å². The Morgan fingerprint density at radius 1 is 1.50 bits per heavy atom. The first-order chi connectivity index (χ1) is 6.74. The van der Waals surface area contributed by atoms with Crippen molar-refractivity contribution >= 4 is 5.91 Å². The van der Waals surface area contributed by atoms with E-state index in [-0.39, 0.29) is 17.9 Å². The smallest absolute Gasteiger partial charge is 0.219 e. The standard InChI is InChI=1S/C11H16N2O/c1-8(14)13-6-2-3-11(13)10(7-12)9-4-5-9/h9-11H,2-6H2,1H3. The lowest BCUT2D eigenvalue weighted by molar-refractivity contribution is -0.130. The lowest BCUT2D eigenvalue weighted by Crippen LogP contribution is -2.39. The van der Waals surface area contributed by atoms with Gasteiger partial charge in [-0.25, -0.2) is 0 Å². The zero-order valence-corrected chi connectivity index (χ0v) is 8.57. The van der Waals surface area contributed by atoms with Crippen LogP contribution in [-0.2, 0) is 4.79 Å².